The summed E-state index contributed by atoms with van der Waals surface area (Å²) in [6, 6.07) is 7.60. The molecular weight excluding hydrogens is 252 g/mol. The van der Waals surface area contributed by atoms with Gasteiger partial charge in [-0.2, -0.15) is 5.10 Å². The molecule has 1 amide bonds. The smallest absolute Gasteiger partial charge is 0.231 e. The molecule has 2 rings (SSSR count). The number of nitrogens with zero attached hydrogens (tertiary/aromatic N) is 3. The predicted molar refractivity (Wildman–Crippen MR) is 78.3 cm³/mol. The molecule has 0 saturated carbocycles. The highest BCUT2D eigenvalue weighted by Crippen LogP contribution is 2.20. The first-order valence-electron chi connectivity index (χ1n) is 6.81. The van der Waals surface area contributed by atoms with Gasteiger partial charge in [0.05, 0.1) is 18.7 Å². The van der Waals surface area contributed by atoms with Gasteiger partial charge in [-0.1, -0.05) is 19.9 Å². The van der Waals surface area contributed by atoms with Crippen molar-refractivity contribution in [3.8, 4) is 0 Å². The highest BCUT2D eigenvalue weighted by molar-refractivity contribution is 5.91. The van der Waals surface area contributed by atoms with Gasteiger partial charge in [-0.25, -0.2) is 4.68 Å². The van der Waals surface area contributed by atoms with Crippen LogP contribution in [0, 0.1) is 5.92 Å². The number of hydrogen-bond acceptors (Lipinski definition) is 3. The number of rotatable bonds is 5. The second kappa shape index (κ2) is 6.32. The molecule has 0 aliphatic carbocycles. The van der Waals surface area contributed by atoms with Crippen LogP contribution in [0.15, 0.2) is 36.7 Å². The summed E-state index contributed by atoms with van der Waals surface area (Å²) in [5, 5.41) is 7.18. The number of pyridine rings is 1. The van der Waals surface area contributed by atoms with Gasteiger partial charge in [0, 0.05) is 18.0 Å². The zero-order valence-electron chi connectivity index (χ0n) is 12.1. The maximum Gasteiger partial charge on any atom is 0.231 e. The van der Waals surface area contributed by atoms with Gasteiger partial charge in [-0.15, -0.1) is 0 Å². The molecule has 5 nitrogen and oxygen atoms in total. The number of anilines is 1. The van der Waals surface area contributed by atoms with E-state index in [0.717, 1.165) is 11.5 Å². The van der Waals surface area contributed by atoms with Crippen LogP contribution in [0.3, 0.4) is 0 Å². The number of amides is 1. The monoisotopic (exact) mass is 272 g/mol. The largest absolute Gasteiger partial charge is 0.311 e. The van der Waals surface area contributed by atoms with Crippen LogP contribution in [-0.2, 0) is 11.2 Å². The molecule has 2 aromatic heterocycles. The summed E-state index contributed by atoms with van der Waals surface area (Å²) < 4.78 is 1.85. The Labute approximate surface area is 119 Å². The van der Waals surface area contributed by atoms with Crippen molar-refractivity contribution in [2.45, 2.75) is 33.2 Å². The summed E-state index contributed by atoms with van der Waals surface area (Å²) in [5.74, 6) is 1.09. The van der Waals surface area contributed by atoms with Gasteiger partial charge < -0.3 is 5.32 Å². The van der Waals surface area contributed by atoms with E-state index in [1.165, 1.54) is 0 Å². The first-order valence-corrected chi connectivity index (χ1v) is 6.81. The Bertz CT molecular complexity index is 562. The van der Waals surface area contributed by atoms with Crippen molar-refractivity contribution in [1.29, 1.82) is 0 Å². The standard InChI is InChI=1S/C15H20N4O/c1-11(2)12(3)19-14(7-9-17-19)18-15(20)10-13-6-4-5-8-16-13/h4-9,11-12H,10H2,1-3H3,(H,18,20)/t12-/m1/s1. The van der Waals surface area contributed by atoms with Gasteiger partial charge in [0.2, 0.25) is 5.91 Å². The van der Waals surface area contributed by atoms with Crippen LogP contribution in [0.4, 0.5) is 5.82 Å². The lowest BCUT2D eigenvalue weighted by Crippen LogP contribution is -2.21. The summed E-state index contributed by atoms with van der Waals surface area (Å²) in [7, 11) is 0. The molecule has 5 heteroatoms. The molecule has 0 bridgehead atoms. The van der Waals surface area contributed by atoms with Gasteiger partial charge in [-0.05, 0) is 25.0 Å². The third kappa shape index (κ3) is 3.44. The normalized spacial score (nSPS) is 12.4. The first-order chi connectivity index (χ1) is 9.58. The SMILES string of the molecule is CC(C)[C@@H](C)n1nccc1NC(=O)Cc1ccccn1. The van der Waals surface area contributed by atoms with E-state index in [9.17, 15) is 4.79 Å². The summed E-state index contributed by atoms with van der Waals surface area (Å²) in [4.78, 5) is 16.2. The van der Waals surface area contributed by atoms with E-state index in [2.05, 4.69) is 36.2 Å². The van der Waals surface area contributed by atoms with Crippen LogP contribution in [-0.4, -0.2) is 20.7 Å². The van der Waals surface area contributed by atoms with Crippen LogP contribution in [0.5, 0.6) is 0 Å². The fourth-order valence-corrected chi connectivity index (χ4v) is 1.87. The molecule has 0 aliphatic rings. The summed E-state index contributed by atoms with van der Waals surface area (Å²) in [6.45, 7) is 6.35. The molecule has 0 radical (unpaired) electrons. The van der Waals surface area contributed by atoms with Gasteiger partial charge in [0.25, 0.3) is 0 Å². The van der Waals surface area contributed by atoms with E-state index in [4.69, 9.17) is 0 Å². The minimum atomic E-state index is -0.0820. The Hall–Kier alpha value is -2.17. The van der Waals surface area contributed by atoms with Gasteiger partial charge >= 0.3 is 0 Å². The molecule has 0 aliphatic heterocycles. The molecule has 2 heterocycles. The van der Waals surface area contributed by atoms with Crippen molar-refractivity contribution in [3.63, 3.8) is 0 Å². The van der Waals surface area contributed by atoms with E-state index < -0.39 is 0 Å². The minimum Gasteiger partial charge on any atom is -0.311 e. The molecular formula is C15H20N4O. The Morgan fingerprint density at radius 3 is 2.70 bits per heavy atom. The van der Waals surface area contributed by atoms with Crippen LogP contribution in [0.1, 0.15) is 32.5 Å². The van der Waals surface area contributed by atoms with Gasteiger partial charge in [0.1, 0.15) is 5.82 Å². The molecule has 20 heavy (non-hydrogen) atoms. The number of hydrogen-bond donors (Lipinski definition) is 1. The van der Waals surface area contributed by atoms with Crippen LogP contribution in [0.25, 0.3) is 0 Å². The lowest BCUT2D eigenvalue weighted by Gasteiger charge is -2.19. The van der Waals surface area contributed by atoms with E-state index in [-0.39, 0.29) is 18.4 Å². The van der Waals surface area contributed by atoms with Crippen LogP contribution in [0.2, 0.25) is 0 Å². The molecule has 0 unspecified atom stereocenters. The molecule has 1 atom stereocenters. The molecule has 0 aromatic carbocycles. The van der Waals surface area contributed by atoms with Crippen molar-refractivity contribution in [2.75, 3.05) is 5.32 Å². The number of aromatic nitrogens is 3. The fraction of sp³-hybridized carbons (Fsp3) is 0.400. The van der Waals surface area contributed by atoms with Gasteiger partial charge in [0.15, 0.2) is 0 Å². The third-order valence-corrected chi connectivity index (χ3v) is 3.36. The van der Waals surface area contributed by atoms with Crippen molar-refractivity contribution >= 4 is 11.7 Å². The molecule has 106 valence electrons. The van der Waals surface area contributed by atoms with Gasteiger partial charge in [-0.3, -0.25) is 9.78 Å². The molecule has 0 spiro atoms. The second-order valence-electron chi connectivity index (χ2n) is 5.19. The van der Waals surface area contributed by atoms with E-state index in [0.29, 0.717) is 5.92 Å². The molecule has 2 aromatic rings. The lowest BCUT2D eigenvalue weighted by atomic mass is 10.1. The quantitative estimate of drug-likeness (QED) is 0.910. The minimum absolute atomic E-state index is 0.0820. The first kappa shape index (κ1) is 14.2. The highest BCUT2D eigenvalue weighted by atomic mass is 16.1. The van der Waals surface area contributed by atoms with Crippen molar-refractivity contribution in [2.24, 2.45) is 5.92 Å². The Balaban J connectivity index is 2.04. The fourth-order valence-electron chi connectivity index (χ4n) is 1.87. The average Bonchev–Trinajstić information content (AvgIpc) is 2.86. The van der Waals surface area contributed by atoms with Crippen molar-refractivity contribution in [3.05, 3.63) is 42.4 Å². The average molecular weight is 272 g/mol. The summed E-state index contributed by atoms with van der Waals surface area (Å²) in [5.41, 5.74) is 0.757. The number of carbonyl (C=O) groups is 1. The summed E-state index contributed by atoms with van der Waals surface area (Å²) in [6.07, 6.45) is 3.66. The number of nitrogens with one attached hydrogen (secondary N) is 1. The van der Waals surface area contributed by atoms with Crippen molar-refractivity contribution < 1.29 is 4.79 Å². The van der Waals surface area contributed by atoms with E-state index in [1.807, 2.05) is 28.9 Å². The highest BCUT2D eigenvalue weighted by Gasteiger charge is 2.15. The Morgan fingerprint density at radius 2 is 2.05 bits per heavy atom. The maximum absolute atomic E-state index is 12.0. The topological polar surface area (TPSA) is 59.8 Å². The second-order valence-corrected chi connectivity index (χ2v) is 5.19. The molecule has 1 N–H and O–H groups in total. The Kier molecular flexibility index (Phi) is 4.50. The predicted octanol–water partition coefficient (Wildman–Crippen LogP) is 2.68. The zero-order valence-corrected chi connectivity index (χ0v) is 12.1. The third-order valence-electron chi connectivity index (χ3n) is 3.36. The van der Waals surface area contributed by atoms with Crippen molar-refractivity contribution in [1.82, 2.24) is 14.8 Å². The molecule has 0 fully saturated rings. The lowest BCUT2D eigenvalue weighted by molar-refractivity contribution is -0.115. The van der Waals surface area contributed by atoms with Crippen LogP contribution < -0.4 is 5.32 Å². The van der Waals surface area contributed by atoms with E-state index in [1.54, 1.807) is 12.4 Å². The maximum atomic E-state index is 12.0. The Morgan fingerprint density at radius 1 is 1.25 bits per heavy atom. The zero-order chi connectivity index (χ0) is 14.5. The molecule has 0 saturated heterocycles. The summed E-state index contributed by atoms with van der Waals surface area (Å²) >= 11 is 0. The number of carbonyl (C=O) groups excluding carboxylic acids is 1. The van der Waals surface area contributed by atoms with Crippen LogP contribution >= 0.6 is 0 Å². The van der Waals surface area contributed by atoms with E-state index >= 15 is 0 Å².